The molecule has 2 aromatic carbocycles. The Morgan fingerprint density at radius 3 is 2.37 bits per heavy atom. The number of aliphatic hydroxyl groups excluding tert-OH is 1. The van der Waals surface area contributed by atoms with Gasteiger partial charge in [-0.2, -0.15) is 0 Å². The van der Waals surface area contributed by atoms with Crippen molar-refractivity contribution in [2.24, 2.45) is 0 Å². The third kappa shape index (κ3) is 6.48. The number of carbonyl (C=O) groups is 2. The van der Waals surface area contributed by atoms with Gasteiger partial charge in [0, 0.05) is 27.7 Å². The quantitative estimate of drug-likeness (QED) is 0.261. The highest BCUT2D eigenvalue weighted by Gasteiger charge is 2.29. The largest absolute Gasteiger partial charge is 0.497 e. The number of ether oxygens (including phenoxy) is 1. The first kappa shape index (κ1) is 29.2. The molecule has 1 fully saturated rings. The van der Waals surface area contributed by atoms with Crippen LogP contribution in [0.3, 0.4) is 0 Å². The molecule has 0 saturated heterocycles. The first-order valence-corrected chi connectivity index (χ1v) is 16.2. The Labute approximate surface area is 244 Å². The van der Waals surface area contributed by atoms with Crippen LogP contribution in [-0.4, -0.2) is 38.5 Å². The second kappa shape index (κ2) is 12.3. The molecule has 0 aliphatic heterocycles. The Balaban J connectivity index is 1.44. The van der Waals surface area contributed by atoms with Crippen molar-refractivity contribution in [2.45, 2.75) is 75.3 Å². The molecular weight excluding hydrogens is 562 g/mol. The minimum absolute atomic E-state index is 0.116. The number of anilines is 2. The van der Waals surface area contributed by atoms with Crippen molar-refractivity contribution in [3.05, 3.63) is 69.6 Å². The van der Waals surface area contributed by atoms with Gasteiger partial charge in [0.15, 0.2) is 0 Å². The average Bonchev–Trinajstić information content (AvgIpc) is 3.60. The summed E-state index contributed by atoms with van der Waals surface area (Å²) in [5.41, 5.74) is 2.32. The summed E-state index contributed by atoms with van der Waals surface area (Å²) in [5, 5.41) is 16.5. The molecule has 0 radical (unpaired) electrons. The molecule has 3 aromatic rings. The van der Waals surface area contributed by atoms with Crippen molar-refractivity contribution in [2.75, 3.05) is 17.7 Å². The van der Waals surface area contributed by atoms with Gasteiger partial charge in [-0.05, 0) is 87.4 Å². The van der Waals surface area contributed by atoms with Crippen LogP contribution in [0.5, 0.6) is 5.75 Å². The minimum atomic E-state index is -3.97. The molecule has 9 nitrogen and oxygen atoms in total. The van der Waals surface area contributed by atoms with Crippen LogP contribution in [-0.2, 0) is 22.9 Å². The van der Waals surface area contributed by atoms with E-state index in [9.17, 15) is 23.1 Å². The number of amides is 2. The maximum atomic E-state index is 13.5. The highest BCUT2D eigenvalue weighted by molar-refractivity contribution is 7.89. The third-order valence-corrected chi connectivity index (χ3v) is 10.4. The summed E-state index contributed by atoms with van der Waals surface area (Å²) in [5.74, 6) is -0.180. The zero-order valence-corrected chi connectivity index (χ0v) is 24.8. The van der Waals surface area contributed by atoms with Gasteiger partial charge >= 0.3 is 0 Å². The zero-order valence-electron chi connectivity index (χ0n) is 23.2. The maximum Gasteiger partial charge on any atom is 0.258 e. The molecule has 1 aromatic heterocycles. The van der Waals surface area contributed by atoms with Gasteiger partial charge in [0.05, 0.1) is 23.7 Å². The van der Waals surface area contributed by atoms with Crippen LogP contribution in [0.4, 0.5) is 10.7 Å². The molecule has 0 bridgehead atoms. The molecule has 5 rings (SSSR count). The van der Waals surface area contributed by atoms with Crippen molar-refractivity contribution < 1.29 is 27.9 Å². The van der Waals surface area contributed by atoms with Crippen molar-refractivity contribution in [3.63, 3.8) is 0 Å². The third-order valence-electron chi connectivity index (χ3n) is 7.67. The first-order valence-electron chi connectivity index (χ1n) is 13.9. The summed E-state index contributed by atoms with van der Waals surface area (Å²) in [6.45, 7) is 1.49. The topological polar surface area (TPSA) is 134 Å². The lowest BCUT2D eigenvalue weighted by Gasteiger charge is -2.18. The molecule has 218 valence electrons. The van der Waals surface area contributed by atoms with Gasteiger partial charge in [-0.3, -0.25) is 9.59 Å². The molecule has 11 heteroatoms. The lowest BCUT2D eigenvalue weighted by molar-refractivity contribution is 0.102. The highest BCUT2D eigenvalue weighted by Crippen LogP contribution is 2.39. The Bertz CT molecular complexity index is 1540. The Kier molecular flexibility index (Phi) is 8.79. The predicted octanol–water partition coefficient (Wildman–Crippen LogP) is 5.41. The second-order valence-electron chi connectivity index (χ2n) is 10.6. The highest BCUT2D eigenvalue weighted by atomic mass is 32.2. The number of carbonyl (C=O) groups excluding carboxylic acids is 2. The number of thiophene rings is 1. The molecule has 41 heavy (non-hydrogen) atoms. The van der Waals surface area contributed by atoms with E-state index < -0.39 is 22.0 Å². The Morgan fingerprint density at radius 2 is 1.68 bits per heavy atom. The van der Waals surface area contributed by atoms with Crippen LogP contribution in [0.1, 0.15) is 88.3 Å². The van der Waals surface area contributed by atoms with Gasteiger partial charge in [0.1, 0.15) is 10.8 Å². The summed E-state index contributed by atoms with van der Waals surface area (Å²) in [6, 6.07) is 11.1. The summed E-state index contributed by atoms with van der Waals surface area (Å²) in [7, 11) is -2.40. The standard InChI is InChI=1S/C30H35N3O6S2/c1-18(34)23-16-11-19(17-26(23)41(37,38)33-21-7-3-4-8-21)28(35)32-30-27(24-9-5-6-10-25(24)40-30)29(36)31-20-12-14-22(39-2)15-13-20/h11-18,21,33-34H,3-10H2,1-2H3,(H,31,36)(H,32,35). The SMILES string of the molecule is COc1ccc(NC(=O)c2c(NC(=O)c3ccc(C(C)O)c(S(=O)(=O)NC4CCCC4)c3)sc3c2CCCC3)cc1. The Morgan fingerprint density at radius 1 is 0.976 bits per heavy atom. The summed E-state index contributed by atoms with van der Waals surface area (Å²) < 4.78 is 34.6. The van der Waals surface area contributed by atoms with E-state index in [1.54, 1.807) is 31.4 Å². The van der Waals surface area contributed by atoms with Crippen molar-refractivity contribution >= 4 is 43.9 Å². The number of sulfonamides is 1. The number of methoxy groups -OCH3 is 1. The Hall–Kier alpha value is -3.25. The van der Waals surface area contributed by atoms with Crippen LogP contribution in [0.25, 0.3) is 0 Å². The molecule has 1 saturated carbocycles. The second-order valence-corrected chi connectivity index (χ2v) is 13.4. The van der Waals surface area contributed by atoms with E-state index in [2.05, 4.69) is 15.4 Å². The van der Waals surface area contributed by atoms with Crippen LogP contribution in [0.2, 0.25) is 0 Å². The number of aliphatic hydroxyl groups is 1. The number of rotatable bonds is 9. The van der Waals surface area contributed by atoms with Crippen molar-refractivity contribution in [3.8, 4) is 5.75 Å². The van der Waals surface area contributed by atoms with E-state index in [1.807, 2.05) is 0 Å². The van der Waals surface area contributed by atoms with Crippen LogP contribution >= 0.6 is 11.3 Å². The predicted molar refractivity (Wildman–Crippen MR) is 160 cm³/mol. The van der Waals surface area contributed by atoms with Gasteiger partial charge in [0.2, 0.25) is 10.0 Å². The monoisotopic (exact) mass is 597 g/mol. The fourth-order valence-electron chi connectivity index (χ4n) is 5.52. The number of aryl methyl sites for hydroxylation is 1. The van der Waals surface area contributed by atoms with E-state index in [4.69, 9.17) is 4.74 Å². The van der Waals surface area contributed by atoms with E-state index in [0.29, 0.717) is 22.0 Å². The fraction of sp³-hybridized carbons (Fsp3) is 0.400. The molecule has 1 atom stereocenters. The molecule has 1 unspecified atom stereocenters. The maximum absolute atomic E-state index is 13.5. The van der Waals surface area contributed by atoms with E-state index in [-0.39, 0.29) is 28.0 Å². The summed E-state index contributed by atoms with van der Waals surface area (Å²) in [6.07, 6.45) is 5.92. The van der Waals surface area contributed by atoms with Crippen molar-refractivity contribution in [1.82, 2.24) is 4.72 Å². The zero-order chi connectivity index (χ0) is 29.1. The normalized spacial score (nSPS) is 16.2. The number of nitrogens with one attached hydrogen (secondary N) is 3. The minimum Gasteiger partial charge on any atom is -0.497 e. The molecule has 0 spiro atoms. The fourth-order valence-corrected chi connectivity index (χ4v) is 8.43. The number of benzene rings is 2. The molecular formula is C30H35N3O6S2. The first-order chi connectivity index (χ1) is 19.7. The number of fused-ring (bicyclic) bond motifs is 1. The van der Waals surface area contributed by atoms with Gasteiger partial charge in [-0.15, -0.1) is 11.3 Å². The average molecular weight is 598 g/mol. The van der Waals surface area contributed by atoms with Gasteiger partial charge in [-0.25, -0.2) is 13.1 Å². The van der Waals surface area contributed by atoms with Gasteiger partial charge < -0.3 is 20.5 Å². The lowest BCUT2D eigenvalue weighted by atomic mass is 9.95. The van der Waals surface area contributed by atoms with Crippen LogP contribution < -0.4 is 20.1 Å². The smallest absolute Gasteiger partial charge is 0.258 e. The molecule has 2 amide bonds. The van der Waals surface area contributed by atoms with Crippen molar-refractivity contribution in [1.29, 1.82) is 0 Å². The van der Waals surface area contributed by atoms with E-state index in [1.165, 1.54) is 36.5 Å². The van der Waals surface area contributed by atoms with Crippen LogP contribution in [0.15, 0.2) is 47.4 Å². The van der Waals surface area contributed by atoms with Gasteiger partial charge in [0.25, 0.3) is 11.8 Å². The summed E-state index contributed by atoms with van der Waals surface area (Å²) in [4.78, 5) is 28.0. The number of hydrogen-bond acceptors (Lipinski definition) is 7. The van der Waals surface area contributed by atoms with E-state index in [0.717, 1.165) is 61.8 Å². The lowest BCUT2D eigenvalue weighted by Crippen LogP contribution is -2.33. The summed E-state index contributed by atoms with van der Waals surface area (Å²) >= 11 is 1.39. The molecule has 1 heterocycles. The van der Waals surface area contributed by atoms with Crippen LogP contribution in [0, 0.1) is 0 Å². The number of hydrogen-bond donors (Lipinski definition) is 4. The van der Waals surface area contributed by atoms with E-state index >= 15 is 0 Å². The molecule has 2 aliphatic rings. The molecule has 4 N–H and O–H groups in total. The molecule has 2 aliphatic carbocycles. The van der Waals surface area contributed by atoms with Gasteiger partial charge in [-0.1, -0.05) is 18.9 Å².